The van der Waals surface area contributed by atoms with E-state index in [4.69, 9.17) is 21.1 Å². The molecule has 4 nitrogen and oxygen atoms in total. The topological polar surface area (TPSA) is 47.6 Å². The van der Waals surface area contributed by atoms with Crippen LogP contribution in [0.3, 0.4) is 0 Å². The fraction of sp³-hybridized carbons (Fsp3) is 0.235. The zero-order valence-electron chi connectivity index (χ0n) is 12.6. The summed E-state index contributed by atoms with van der Waals surface area (Å²) in [7, 11) is 0. The molecule has 1 N–H and O–H groups in total. The summed E-state index contributed by atoms with van der Waals surface area (Å²) in [6.45, 7) is 2.69. The van der Waals surface area contributed by atoms with Gasteiger partial charge in [0.25, 0.3) is 5.91 Å². The first-order valence-electron chi connectivity index (χ1n) is 7.09. The first-order valence-corrected chi connectivity index (χ1v) is 8.26. The van der Waals surface area contributed by atoms with Crippen molar-refractivity contribution >= 4 is 33.4 Å². The van der Waals surface area contributed by atoms with Crippen LogP contribution in [0.2, 0.25) is 5.02 Å². The highest BCUT2D eigenvalue weighted by Crippen LogP contribution is 2.27. The molecule has 2 aromatic rings. The molecule has 1 amide bonds. The normalized spacial score (nSPS) is 10.2. The summed E-state index contributed by atoms with van der Waals surface area (Å²) < 4.78 is 11.8. The highest BCUT2D eigenvalue weighted by Gasteiger charge is 2.06. The lowest BCUT2D eigenvalue weighted by Gasteiger charge is -2.11. The Balaban J connectivity index is 1.68. The molecule has 0 bridgehead atoms. The number of carbonyl (C=O) groups excluding carboxylic acids is 1. The summed E-state index contributed by atoms with van der Waals surface area (Å²) >= 11 is 9.33. The molecule has 0 saturated carbocycles. The van der Waals surface area contributed by atoms with Crippen molar-refractivity contribution in [2.75, 3.05) is 19.8 Å². The Morgan fingerprint density at radius 2 is 1.96 bits per heavy atom. The molecular formula is C17H17BrClNO3. The molecule has 23 heavy (non-hydrogen) atoms. The van der Waals surface area contributed by atoms with Crippen LogP contribution in [-0.4, -0.2) is 25.7 Å². The summed E-state index contributed by atoms with van der Waals surface area (Å²) in [4.78, 5) is 11.7. The molecule has 0 aliphatic carbocycles. The monoisotopic (exact) mass is 397 g/mol. The molecule has 0 aliphatic heterocycles. The summed E-state index contributed by atoms with van der Waals surface area (Å²) in [5.41, 5.74) is 1.06. The summed E-state index contributed by atoms with van der Waals surface area (Å²) in [5.74, 6) is 1.07. The van der Waals surface area contributed by atoms with Gasteiger partial charge in [-0.15, -0.1) is 0 Å². The smallest absolute Gasteiger partial charge is 0.258 e. The molecule has 2 rings (SSSR count). The number of benzene rings is 2. The van der Waals surface area contributed by atoms with Gasteiger partial charge in [-0.05, 0) is 36.8 Å². The summed E-state index contributed by atoms with van der Waals surface area (Å²) in [6.07, 6.45) is 0. The molecule has 0 aromatic heterocycles. The standard InChI is InChI=1S/C17H17BrClNO3/c1-12-4-2-3-5-15(12)22-9-8-20-17(21)11-23-16-7-6-13(18)10-14(16)19/h2-7,10H,8-9,11H2,1H3,(H,20,21). The minimum absolute atomic E-state index is 0.0916. The van der Waals surface area contributed by atoms with Gasteiger partial charge < -0.3 is 14.8 Å². The second kappa shape index (κ2) is 8.79. The van der Waals surface area contributed by atoms with Crippen LogP contribution < -0.4 is 14.8 Å². The lowest BCUT2D eigenvalue weighted by Crippen LogP contribution is -2.32. The third-order valence-electron chi connectivity index (χ3n) is 3.03. The third-order valence-corrected chi connectivity index (χ3v) is 3.82. The zero-order valence-corrected chi connectivity index (χ0v) is 15.0. The van der Waals surface area contributed by atoms with E-state index in [1.807, 2.05) is 31.2 Å². The Bertz CT molecular complexity index is 679. The van der Waals surface area contributed by atoms with Gasteiger partial charge in [0.15, 0.2) is 6.61 Å². The van der Waals surface area contributed by atoms with Gasteiger partial charge in [-0.3, -0.25) is 4.79 Å². The van der Waals surface area contributed by atoms with Gasteiger partial charge >= 0.3 is 0 Å². The largest absolute Gasteiger partial charge is 0.491 e. The molecule has 0 heterocycles. The van der Waals surface area contributed by atoms with Gasteiger partial charge in [0, 0.05) is 4.47 Å². The number of amides is 1. The summed E-state index contributed by atoms with van der Waals surface area (Å²) in [5, 5.41) is 3.19. The number of rotatable bonds is 7. The van der Waals surface area contributed by atoms with Crippen molar-refractivity contribution in [2.24, 2.45) is 0 Å². The van der Waals surface area contributed by atoms with Crippen LogP contribution in [0.4, 0.5) is 0 Å². The van der Waals surface area contributed by atoms with E-state index in [-0.39, 0.29) is 12.5 Å². The highest BCUT2D eigenvalue weighted by molar-refractivity contribution is 9.10. The number of aryl methyl sites for hydroxylation is 1. The molecule has 0 aliphatic rings. The van der Waals surface area contributed by atoms with E-state index in [2.05, 4.69) is 21.2 Å². The predicted molar refractivity (Wildman–Crippen MR) is 94.3 cm³/mol. The molecular weight excluding hydrogens is 382 g/mol. The quantitative estimate of drug-likeness (QED) is 0.718. The van der Waals surface area contributed by atoms with Crippen molar-refractivity contribution < 1.29 is 14.3 Å². The maximum Gasteiger partial charge on any atom is 0.258 e. The van der Waals surface area contributed by atoms with Gasteiger partial charge in [0.1, 0.15) is 18.1 Å². The Kier molecular flexibility index (Phi) is 6.74. The van der Waals surface area contributed by atoms with Gasteiger partial charge in [-0.2, -0.15) is 0 Å². The SMILES string of the molecule is Cc1ccccc1OCCNC(=O)COc1ccc(Br)cc1Cl. The van der Waals surface area contributed by atoms with Crippen LogP contribution in [-0.2, 0) is 4.79 Å². The molecule has 2 aromatic carbocycles. The van der Waals surface area contributed by atoms with E-state index in [0.717, 1.165) is 15.8 Å². The van der Waals surface area contributed by atoms with Crippen LogP contribution in [0, 0.1) is 6.92 Å². The van der Waals surface area contributed by atoms with E-state index >= 15 is 0 Å². The predicted octanol–water partition coefficient (Wildman–Crippen LogP) is 3.98. The van der Waals surface area contributed by atoms with Gasteiger partial charge in [-0.1, -0.05) is 45.7 Å². The average Bonchev–Trinajstić information content (AvgIpc) is 2.52. The van der Waals surface area contributed by atoms with Crippen molar-refractivity contribution in [1.82, 2.24) is 5.32 Å². The average molecular weight is 399 g/mol. The minimum Gasteiger partial charge on any atom is -0.491 e. The van der Waals surface area contributed by atoms with E-state index < -0.39 is 0 Å². The highest BCUT2D eigenvalue weighted by atomic mass is 79.9. The van der Waals surface area contributed by atoms with Gasteiger partial charge in [0.2, 0.25) is 0 Å². The molecule has 0 atom stereocenters. The summed E-state index contributed by atoms with van der Waals surface area (Å²) in [6, 6.07) is 13.0. The third kappa shape index (κ3) is 5.77. The lowest BCUT2D eigenvalue weighted by molar-refractivity contribution is -0.123. The Morgan fingerprint density at radius 1 is 1.17 bits per heavy atom. The Hall–Kier alpha value is -1.72. The lowest BCUT2D eigenvalue weighted by atomic mass is 10.2. The van der Waals surface area contributed by atoms with Crippen LogP contribution >= 0.6 is 27.5 Å². The van der Waals surface area contributed by atoms with Crippen molar-refractivity contribution in [3.63, 3.8) is 0 Å². The van der Waals surface area contributed by atoms with Crippen molar-refractivity contribution in [3.8, 4) is 11.5 Å². The van der Waals surface area contributed by atoms with E-state index in [0.29, 0.717) is 23.9 Å². The number of hydrogen-bond acceptors (Lipinski definition) is 3. The fourth-order valence-corrected chi connectivity index (χ4v) is 2.58. The van der Waals surface area contributed by atoms with Crippen LogP contribution in [0.15, 0.2) is 46.9 Å². The van der Waals surface area contributed by atoms with E-state index in [9.17, 15) is 4.79 Å². The van der Waals surface area contributed by atoms with Crippen LogP contribution in [0.5, 0.6) is 11.5 Å². The van der Waals surface area contributed by atoms with Crippen molar-refractivity contribution in [3.05, 3.63) is 57.5 Å². The first-order chi connectivity index (χ1) is 11.1. The Labute approximate surface area is 148 Å². The number of halogens is 2. The van der Waals surface area contributed by atoms with Crippen molar-refractivity contribution in [1.29, 1.82) is 0 Å². The van der Waals surface area contributed by atoms with Crippen molar-refractivity contribution in [2.45, 2.75) is 6.92 Å². The zero-order chi connectivity index (χ0) is 16.7. The molecule has 6 heteroatoms. The number of carbonyl (C=O) groups is 1. The van der Waals surface area contributed by atoms with Crippen LogP contribution in [0.1, 0.15) is 5.56 Å². The maximum absolute atomic E-state index is 11.7. The molecule has 0 saturated heterocycles. The maximum atomic E-state index is 11.7. The second-order valence-electron chi connectivity index (χ2n) is 4.83. The molecule has 0 fully saturated rings. The van der Waals surface area contributed by atoms with Crippen LogP contribution in [0.25, 0.3) is 0 Å². The van der Waals surface area contributed by atoms with E-state index in [1.54, 1.807) is 18.2 Å². The molecule has 0 unspecified atom stereocenters. The number of nitrogens with one attached hydrogen (secondary N) is 1. The Morgan fingerprint density at radius 3 is 2.70 bits per heavy atom. The first kappa shape index (κ1) is 17.6. The minimum atomic E-state index is -0.225. The number of ether oxygens (including phenoxy) is 2. The second-order valence-corrected chi connectivity index (χ2v) is 6.15. The molecule has 122 valence electrons. The number of para-hydroxylation sites is 1. The van der Waals surface area contributed by atoms with Gasteiger partial charge in [0.05, 0.1) is 11.6 Å². The molecule has 0 radical (unpaired) electrons. The fourth-order valence-electron chi connectivity index (χ4n) is 1.86. The number of hydrogen-bond donors (Lipinski definition) is 1. The van der Waals surface area contributed by atoms with Gasteiger partial charge in [-0.25, -0.2) is 0 Å². The van der Waals surface area contributed by atoms with E-state index in [1.165, 1.54) is 0 Å². The molecule has 0 spiro atoms.